The number of aliphatic imine (C=N–C) groups is 1. The number of rotatable bonds is 8. The van der Waals surface area contributed by atoms with Crippen LogP contribution in [-0.2, 0) is 13.0 Å². The summed E-state index contributed by atoms with van der Waals surface area (Å²) >= 11 is 0. The Morgan fingerprint density at radius 1 is 1.11 bits per heavy atom. The Morgan fingerprint density at radius 3 is 2.81 bits per heavy atom. The van der Waals surface area contributed by atoms with Gasteiger partial charge in [0.15, 0.2) is 5.96 Å². The summed E-state index contributed by atoms with van der Waals surface area (Å²) in [5, 5.41) is 12.1. The van der Waals surface area contributed by atoms with E-state index in [4.69, 9.17) is 0 Å². The first kappa shape index (κ1) is 21.1. The minimum Gasteiger partial charge on any atom is -0.357 e. The van der Waals surface area contributed by atoms with Gasteiger partial charge in [0, 0.05) is 50.2 Å². The van der Waals surface area contributed by atoms with E-state index < -0.39 is 0 Å². The number of nitrogens with zero attached hydrogens (tertiary/aromatic N) is 4. The normalized spacial score (nSPS) is 11.2. The van der Waals surface area contributed by atoms with Crippen LogP contribution in [0.2, 0.25) is 0 Å². The predicted molar refractivity (Wildman–Crippen MR) is 122 cm³/mol. The van der Waals surface area contributed by atoms with E-state index in [2.05, 4.69) is 56.9 Å². The van der Waals surface area contributed by atoms with Gasteiger partial charge in [-0.3, -0.25) is 14.7 Å². The number of pyridine rings is 1. The number of halogens is 1. The van der Waals surface area contributed by atoms with E-state index >= 15 is 0 Å². The molecule has 2 N–H and O–H groups in total. The number of para-hydroxylation sites is 1. The first-order chi connectivity index (χ1) is 12.9. The molecule has 7 heteroatoms. The van der Waals surface area contributed by atoms with Crippen molar-refractivity contribution >= 4 is 40.8 Å². The van der Waals surface area contributed by atoms with E-state index in [1.807, 2.05) is 29.2 Å². The number of aromatic nitrogens is 3. The molecule has 0 aliphatic carbocycles. The van der Waals surface area contributed by atoms with Gasteiger partial charge in [-0.15, -0.1) is 24.0 Å². The molecule has 0 bridgehead atoms. The second-order valence-electron chi connectivity index (χ2n) is 6.05. The third-order valence-corrected chi connectivity index (χ3v) is 4.12. The first-order valence-electron chi connectivity index (χ1n) is 9.19. The summed E-state index contributed by atoms with van der Waals surface area (Å²) in [5.74, 6) is 0.862. The van der Waals surface area contributed by atoms with Gasteiger partial charge in [-0.05, 0) is 37.5 Å². The van der Waals surface area contributed by atoms with Gasteiger partial charge in [-0.1, -0.05) is 24.3 Å². The molecule has 0 saturated heterocycles. The van der Waals surface area contributed by atoms with Gasteiger partial charge in [0.1, 0.15) is 0 Å². The Hall–Kier alpha value is -2.16. The maximum atomic E-state index is 4.64. The summed E-state index contributed by atoms with van der Waals surface area (Å²) < 4.78 is 1.93. The van der Waals surface area contributed by atoms with E-state index in [0.717, 1.165) is 50.5 Å². The second-order valence-corrected chi connectivity index (χ2v) is 6.05. The van der Waals surface area contributed by atoms with E-state index in [-0.39, 0.29) is 24.0 Å². The number of nitrogens with one attached hydrogen (secondary N) is 2. The van der Waals surface area contributed by atoms with Gasteiger partial charge in [-0.25, -0.2) is 0 Å². The van der Waals surface area contributed by atoms with Crippen molar-refractivity contribution in [3.8, 4) is 0 Å². The molecule has 0 aliphatic rings. The summed E-state index contributed by atoms with van der Waals surface area (Å²) in [6, 6.07) is 12.4. The number of benzene rings is 1. The molecule has 144 valence electrons. The fourth-order valence-corrected chi connectivity index (χ4v) is 2.88. The number of guanidine groups is 1. The Bertz CT molecular complexity index is 826. The molecule has 0 saturated carbocycles. The van der Waals surface area contributed by atoms with E-state index in [1.165, 1.54) is 10.9 Å². The average Bonchev–Trinajstić information content (AvgIpc) is 3.19. The Kier molecular flexibility index (Phi) is 9.03. The summed E-state index contributed by atoms with van der Waals surface area (Å²) in [6.45, 7) is 5.40. The molecule has 0 spiro atoms. The fraction of sp³-hybridized carbons (Fsp3) is 0.350. The first-order valence-corrected chi connectivity index (χ1v) is 9.19. The summed E-state index contributed by atoms with van der Waals surface area (Å²) in [6.07, 6.45) is 7.50. The van der Waals surface area contributed by atoms with Gasteiger partial charge in [0.05, 0.1) is 5.52 Å². The third kappa shape index (κ3) is 6.50. The average molecular weight is 478 g/mol. The smallest absolute Gasteiger partial charge is 0.191 e. The van der Waals surface area contributed by atoms with Crippen molar-refractivity contribution in [2.45, 2.75) is 26.3 Å². The molecule has 0 radical (unpaired) electrons. The maximum Gasteiger partial charge on any atom is 0.191 e. The van der Waals surface area contributed by atoms with Gasteiger partial charge >= 0.3 is 0 Å². The van der Waals surface area contributed by atoms with Crippen molar-refractivity contribution in [1.82, 2.24) is 25.4 Å². The molecule has 2 heterocycles. The molecule has 3 rings (SSSR count). The molecule has 0 atom stereocenters. The summed E-state index contributed by atoms with van der Waals surface area (Å²) in [4.78, 5) is 9.16. The van der Waals surface area contributed by atoms with Crippen LogP contribution < -0.4 is 10.6 Å². The van der Waals surface area contributed by atoms with Crippen molar-refractivity contribution in [3.63, 3.8) is 0 Å². The molecule has 1 aromatic carbocycles. The Labute approximate surface area is 177 Å². The van der Waals surface area contributed by atoms with E-state index in [0.29, 0.717) is 0 Å². The standard InChI is InChI=1S/C20H26N6.HI/c1-2-21-20(23-12-5-15-26-16-6-13-25-26)24-14-10-18-8-3-7-17-9-4-11-22-19(17)18;/h3-4,6-9,11,13,16H,2,5,10,12,14-15H2,1H3,(H2,21,23,24);1H. The minimum absolute atomic E-state index is 0. The zero-order valence-corrected chi connectivity index (χ0v) is 18.0. The zero-order chi connectivity index (χ0) is 18.0. The van der Waals surface area contributed by atoms with Gasteiger partial charge in [0.25, 0.3) is 0 Å². The predicted octanol–water partition coefficient (Wildman–Crippen LogP) is 3.24. The monoisotopic (exact) mass is 478 g/mol. The second kappa shape index (κ2) is 11.5. The van der Waals surface area contributed by atoms with Crippen LogP contribution in [-0.4, -0.2) is 40.4 Å². The van der Waals surface area contributed by atoms with E-state index in [1.54, 1.807) is 6.20 Å². The highest BCUT2D eigenvalue weighted by atomic mass is 127. The van der Waals surface area contributed by atoms with Crippen molar-refractivity contribution in [2.75, 3.05) is 19.6 Å². The molecule has 0 unspecified atom stereocenters. The molecular weight excluding hydrogens is 451 g/mol. The summed E-state index contributed by atoms with van der Waals surface area (Å²) in [5.41, 5.74) is 2.34. The van der Waals surface area contributed by atoms with Crippen molar-refractivity contribution in [3.05, 3.63) is 60.6 Å². The molecule has 6 nitrogen and oxygen atoms in total. The minimum atomic E-state index is 0. The largest absolute Gasteiger partial charge is 0.357 e. The van der Waals surface area contributed by atoms with Crippen LogP contribution >= 0.6 is 24.0 Å². The molecule has 3 aromatic rings. The quantitative estimate of drug-likeness (QED) is 0.226. The van der Waals surface area contributed by atoms with Crippen LogP contribution in [0.5, 0.6) is 0 Å². The molecule has 27 heavy (non-hydrogen) atoms. The molecule has 0 fully saturated rings. The van der Waals surface area contributed by atoms with Crippen molar-refractivity contribution in [2.24, 2.45) is 4.99 Å². The third-order valence-electron chi connectivity index (χ3n) is 4.12. The number of fused-ring (bicyclic) bond motifs is 1. The van der Waals surface area contributed by atoms with Crippen molar-refractivity contribution < 1.29 is 0 Å². The van der Waals surface area contributed by atoms with Crippen LogP contribution in [0, 0.1) is 0 Å². The van der Waals surface area contributed by atoms with Gasteiger partial charge in [0.2, 0.25) is 0 Å². The lowest BCUT2D eigenvalue weighted by Gasteiger charge is -2.12. The highest BCUT2D eigenvalue weighted by Crippen LogP contribution is 2.15. The topological polar surface area (TPSA) is 67.1 Å². The van der Waals surface area contributed by atoms with Crippen molar-refractivity contribution in [1.29, 1.82) is 0 Å². The lowest BCUT2D eigenvalue weighted by molar-refractivity contribution is 0.584. The molecule has 0 amide bonds. The summed E-state index contributed by atoms with van der Waals surface area (Å²) in [7, 11) is 0. The number of hydrogen-bond donors (Lipinski definition) is 2. The number of aryl methyl sites for hydroxylation is 1. The van der Waals surface area contributed by atoms with Gasteiger partial charge in [-0.2, -0.15) is 5.10 Å². The number of hydrogen-bond acceptors (Lipinski definition) is 3. The lowest BCUT2D eigenvalue weighted by Crippen LogP contribution is -2.38. The molecule has 0 aliphatic heterocycles. The van der Waals surface area contributed by atoms with Gasteiger partial charge < -0.3 is 10.6 Å². The zero-order valence-electron chi connectivity index (χ0n) is 15.6. The molecular formula is C20H27IN6. The highest BCUT2D eigenvalue weighted by Gasteiger charge is 2.03. The SMILES string of the molecule is CCNC(=NCCCn1cccn1)NCCc1cccc2cccnc12.I. The fourth-order valence-electron chi connectivity index (χ4n) is 2.88. The lowest BCUT2D eigenvalue weighted by atomic mass is 10.1. The van der Waals surface area contributed by atoms with Crippen LogP contribution in [0.1, 0.15) is 18.9 Å². The van der Waals surface area contributed by atoms with Crippen LogP contribution in [0.25, 0.3) is 10.9 Å². The van der Waals surface area contributed by atoms with Crippen LogP contribution in [0.3, 0.4) is 0 Å². The molecule has 2 aromatic heterocycles. The Morgan fingerprint density at radius 2 is 2.00 bits per heavy atom. The van der Waals surface area contributed by atoms with E-state index in [9.17, 15) is 0 Å². The Balaban J connectivity index is 0.00000261. The van der Waals surface area contributed by atoms with Crippen LogP contribution in [0.4, 0.5) is 0 Å². The van der Waals surface area contributed by atoms with Crippen LogP contribution in [0.15, 0.2) is 60.0 Å². The highest BCUT2D eigenvalue weighted by molar-refractivity contribution is 14.0. The maximum absolute atomic E-state index is 4.64.